The minimum atomic E-state index is -0.0493. The van der Waals surface area contributed by atoms with Crippen molar-refractivity contribution in [1.29, 1.82) is 0 Å². The molecule has 0 aromatic rings. The quantitative estimate of drug-likeness (QED) is 0.414. The number of aliphatic imine (C=N–C) groups is 2. The number of nitrogens with one attached hydrogen (secondary N) is 1. The standard InChI is InChI=1S/C14H28N6/c1-6-9(2)13(15)19-8-18-7-10(3)11(4)12(5)20-14(16)17/h7,12,19H,6,8,15H2,1-5H3,(H4,16,17,20)/b11-10+,13-9+,18-7?. The highest BCUT2D eigenvalue weighted by Crippen LogP contribution is 2.09. The molecule has 114 valence electrons. The molecule has 0 amide bonds. The van der Waals surface area contributed by atoms with Gasteiger partial charge in [0.1, 0.15) is 6.67 Å². The van der Waals surface area contributed by atoms with Crippen molar-refractivity contribution < 1.29 is 0 Å². The van der Waals surface area contributed by atoms with Crippen molar-refractivity contribution in [1.82, 2.24) is 5.32 Å². The lowest BCUT2D eigenvalue weighted by Crippen LogP contribution is -2.25. The second kappa shape index (κ2) is 9.01. The van der Waals surface area contributed by atoms with Crippen LogP contribution >= 0.6 is 0 Å². The number of hydrogen-bond acceptors (Lipinski definition) is 4. The maximum Gasteiger partial charge on any atom is 0.186 e. The monoisotopic (exact) mass is 280 g/mol. The van der Waals surface area contributed by atoms with E-state index in [0.29, 0.717) is 12.5 Å². The van der Waals surface area contributed by atoms with Crippen LogP contribution < -0.4 is 22.5 Å². The van der Waals surface area contributed by atoms with Crippen LogP contribution in [0.1, 0.15) is 41.0 Å². The van der Waals surface area contributed by atoms with Crippen LogP contribution in [-0.2, 0) is 0 Å². The summed E-state index contributed by atoms with van der Waals surface area (Å²) < 4.78 is 0. The van der Waals surface area contributed by atoms with Crippen molar-refractivity contribution in [3.05, 3.63) is 22.5 Å². The number of rotatable bonds is 7. The normalized spacial score (nSPS) is 15.4. The average molecular weight is 280 g/mol. The first-order valence-corrected chi connectivity index (χ1v) is 6.74. The summed E-state index contributed by atoms with van der Waals surface area (Å²) in [5, 5.41) is 3.06. The summed E-state index contributed by atoms with van der Waals surface area (Å²) in [4.78, 5) is 8.39. The lowest BCUT2D eigenvalue weighted by Gasteiger charge is -2.10. The molecule has 0 rings (SSSR count). The first-order valence-electron chi connectivity index (χ1n) is 6.74. The van der Waals surface area contributed by atoms with Gasteiger partial charge in [-0.15, -0.1) is 0 Å². The fourth-order valence-electron chi connectivity index (χ4n) is 1.41. The molecule has 1 atom stereocenters. The van der Waals surface area contributed by atoms with Gasteiger partial charge in [-0.2, -0.15) is 0 Å². The molecule has 0 fully saturated rings. The maximum atomic E-state index is 5.84. The minimum absolute atomic E-state index is 0.0493. The van der Waals surface area contributed by atoms with Crippen molar-refractivity contribution in [3.63, 3.8) is 0 Å². The van der Waals surface area contributed by atoms with E-state index in [1.54, 1.807) is 6.21 Å². The molecule has 0 saturated heterocycles. The number of nitrogens with zero attached hydrogens (tertiary/aromatic N) is 2. The molecule has 0 aliphatic carbocycles. The largest absolute Gasteiger partial charge is 0.386 e. The summed E-state index contributed by atoms with van der Waals surface area (Å²) >= 11 is 0. The smallest absolute Gasteiger partial charge is 0.186 e. The van der Waals surface area contributed by atoms with E-state index in [1.807, 2.05) is 27.7 Å². The van der Waals surface area contributed by atoms with E-state index < -0.39 is 0 Å². The van der Waals surface area contributed by atoms with Gasteiger partial charge in [-0.05, 0) is 50.8 Å². The summed E-state index contributed by atoms with van der Waals surface area (Å²) in [5.74, 6) is 0.785. The highest BCUT2D eigenvalue weighted by molar-refractivity contribution is 5.80. The summed E-state index contributed by atoms with van der Waals surface area (Å²) in [6.45, 7) is 10.4. The number of guanidine groups is 1. The molecule has 6 heteroatoms. The maximum absolute atomic E-state index is 5.84. The third-order valence-electron chi connectivity index (χ3n) is 3.23. The second-order valence-electron chi connectivity index (χ2n) is 4.79. The van der Waals surface area contributed by atoms with Crippen molar-refractivity contribution in [2.24, 2.45) is 27.2 Å². The zero-order valence-corrected chi connectivity index (χ0v) is 13.2. The zero-order valence-electron chi connectivity index (χ0n) is 13.2. The van der Waals surface area contributed by atoms with Crippen LogP contribution in [0.5, 0.6) is 0 Å². The van der Waals surface area contributed by atoms with Gasteiger partial charge in [0.2, 0.25) is 0 Å². The van der Waals surface area contributed by atoms with Gasteiger partial charge in [0, 0.05) is 6.21 Å². The first-order chi connectivity index (χ1) is 9.29. The molecule has 0 aromatic carbocycles. The summed E-state index contributed by atoms with van der Waals surface area (Å²) in [5.41, 5.74) is 19.8. The Bertz CT molecular complexity index is 427. The van der Waals surface area contributed by atoms with E-state index >= 15 is 0 Å². The summed E-state index contributed by atoms with van der Waals surface area (Å²) in [7, 11) is 0. The Hall–Kier alpha value is -1.98. The van der Waals surface area contributed by atoms with Gasteiger partial charge < -0.3 is 22.5 Å². The third-order valence-corrected chi connectivity index (χ3v) is 3.23. The van der Waals surface area contributed by atoms with Crippen LogP contribution in [0, 0.1) is 0 Å². The van der Waals surface area contributed by atoms with Crippen molar-refractivity contribution in [2.45, 2.75) is 47.1 Å². The third kappa shape index (κ3) is 6.82. The van der Waals surface area contributed by atoms with Gasteiger partial charge in [-0.3, -0.25) is 4.99 Å². The zero-order chi connectivity index (χ0) is 15.7. The molecular weight excluding hydrogens is 252 g/mol. The molecule has 1 unspecified atom stereocenters. The second-order valence-corrected chi connectivity index (χ2v) is 4.79. The van der Waals surface area contributed by atoms with Crippen molar-refractivity contribution in [3.8, 4) is 0 Å². The summed E-state index contributed by atoms with van der Waals surface area (Å²) in [6, 6.07) is -0.0493. The fraction of sp³-hybridized carbons (Fsp3) is 0.571. The molecule has 0 radical (unpaired) electrons. The Kier molecular flexibility index (Phi) is 8.12. The molecular formula is C14H28N6. The number of allylic oxidation sites excluding steroid dienone is 2. The van der Waals surface area contributed by atoms with Crippen LogP contribution in [0.15, 0.2) is 32.5 Å². The SMILES string of the molecule is CC/C(C)=C(\N)NCN=C/C(C)=C(\C)C(C)N=C(N)N. The molecule has 20 heavy (non-hydrogen) atoms. The highest BCUT2D eigenvalue weighted by atomic mass is 15.1. The molecule has 7 N–H and O–H groups in total. The molecule has 6 nitrogen and oxygen atoms in total. The van der Waals surface area contributed by atoms with Gasteiger partial charge in [0.05, 0.1) is 11.9 Å². The fourth-order valence-corrected chi connectivity index (χ4v) is 1.41. The van der Waals surface area contributed by atoms with E-state index in [2.05, 4.69) is 22.2 Å². The van der Waals surface area contributed by atoms with Gasteiger partial charge in [-0.1, -0.05) is 6.92 Å². The molecule has 0 spiro atoms. The Morgan fingerprint density at radius 1 is 1.20 bits per heavy atom. The lowest BCUT2D eigenvalue weighted by molar-refractivity contribution is 0.792. The topological polar surface area (TPSA) is 115 Å². The molecule has 0 bridgehead atoms. The Labute approximate surface area is 121 Å². The molecule has 0 aliphatic heterocycles. The van der Waals surface area contributed by atoms with Gasteiger partial charge in [-0.25, -0.2) is 4.99 Å². The van der Waals surface area contributed by atoms with E-state index in [4.69, 9.17) is 17.2 Å². The van der Waals surface area contributed by atoms with E-state index in [0.717, 1.165) is 23.1 Å². The van der Waals surface area contributed by atoms with Gasteiger partial charge >= 0.3 is 0 Å². The predicted molar refractivity (Wildman–Crippen MR) is 87.3 cm³/mol. The van der Waals surface area contributed by atoms with Crippen LogP contribution in [0.3, 0.4) is 0 Å². The van der Waals surface area contributed by atoms with Crippen molar-refractivity contribution in [2.75, 3.05) is 6.67 Å². The van der Waals surface area contributed by atoms with Crippen LogP contribution in [-0.4, -0.2) is 24.9 Å². The lowest BCUT2D eigenvalue weighted by atomic mass is 10.1. The summed E-state index contributed by atoms with van der Waals surface area (Å²) in [6.07, 6.45) is 2.73. The van der Waals surface area contributed by atoms with Crippen LogP contribution in [0.25, 0.3) is 0 Å². The molecule has 0 aliphatic rings. The highest BCUT2D eigenvalue weighted by Gasteiger charge is 2.04. The molecule has 0 heterocycles. The number of hydrogen-bond donors (Lipinski definition) is 4. The Morgan fingerprint density at radius 2 is 1.80 bits per heavy atom. The van der Waals surface area contributed by atoms with Gasteiger partial charge in [0.15, 0.2) is 5.96 Å². The van der Waals surface area contributed by atoms with Crippen LogP contribution in [0.4, 0.5) is 0 Å². The molecule has 0 aromatic heterocycles. The van der Waals surface area contributed by atoms with Crippen molar-refractivity contribution >= 4 is 12.2 Å². The van der Waals surface area contributed by atoms with E-state index in [9.17, 15) is 0 Å². The molecule has 0 saturated carbocycles. The Balaban J connectivity index is 4.56. The first kappa shape index (κ1) is 18.0. The van der Waals surface area contributed by atoms with E-state index in [1.165, 1.54) is 0 Å². The van der Waals surface area contributed by atoms with Gasteiger partial charge in [0.25, 0.3) is 0 Å². The van der Waals surface area contributed by atoms with E-state index in [-0.39, 0.29) is 12.0 Å². The predicted octanol–water partition coefficient (Wildman–Crippen LogP) is 1.20. The number of nitrogens with two attached hydrogens (primary N) is 3. The minimum Gasteiger partial charge on any atom is -0.386 e. The Morgan fingerprint density at radius 3 is 2.30 bits per heavy atom. The average Bonchev–Trinajstić information content (AvgIpc) is 2.40. The van der Waals surface area contributed by atoms with Crippen LogP contribution in [0.2, 0.25) is 0 Å².